The Hall–Kier alpha value is -3.89. The Labute approximate surface area is 231 Å². The molecule has 0 aliphatic carbocycles. The van der Waals surface area contributed by atoms with Crippen LogP contribution in [0, 0.1) is 0 Å². The number of nitrogens with one attached hydrogen (secondary N) is 1. The van der Waals surface area contributed by atoms with E-state index in [1.165, 1.54) is 46.4 Å². The van der Waals surface area contributed by atoms with Crippen LogP contribution in [0.5, 0.6) is 0 Å². The van der Waals surface area contributed by atoms with E-state index < -0.39 is 0 Å². The number of hydrogen-bond donors (Lipinski definition) is 1. The van der Waals surface area contributed by atoms with Crippen molar-refractivity contribution in [2.45, 2.75) is 45.2 Å². The zero-order chi connectivity index (χ0) is 26.6. The van der Waals surface area contributed by atoms with E-state index in [-0.39, 0.29) is 6.03 Å². The third-order valence-electron chi connectivity index (χ3n) is 8.36. The van der Waals surface area contributed by atoms with Crippen LogP contribution in [0.2, 0.25) is 0 Å². The van der Waals surface area contributed by atoms with Gasteiger partial charge in [0.2, 0.25) is 0 Å². The molecule has 4 heteroatoms. The summed E-state index contributed by atoms with van der Waals surface area (Å²) in [4.78, 5) is 18.6. The zero-order valence-corrected chi connectivity index (χ0v) is 22.8. The van der Waals surface area contributed by atoms with Gasteiger partial charge in [-0.2, -0.15) is 0 Å². The molecule has 2 amide bonds. The van der Waals surface area contributed by atoms with Gasteiger partial charge in [0.25, 0.3) is 0 Å². The predicted molar refractivity (Wildman–Crippen MR) is 164 cm³/mol. The molecule has 0 spiro atoms. The molecule has 1 aliphatic rings. The molecule has 0 aromatic heterocycles. The minimum absolute atomic E-state index is 0.0462. The number of anilines is 1. The highest BCUT2D eigenvalue weighted by atomic mass is 16.2. The van der Waals surface area contributed by atoms with Crippen molar-refractivity contribution in [3.05, 3.63) is 103 Å². The van der Waals surface area contributed by atoms with Gasteiger partial charge in [-0.1, -0.05) is 91.3 Å². The van der Waals surface area contributed by atoms with Crippen LogP contribution < -0.4 is 5.32 Å². The molecule has 39 heavy (non-hydrogen) atoms. The summed E-state index contributed by atoms with van der Waals surface area (Å²) in [5, 5.41) is 10.3. The molecule has 1 fully saturated rings. The van der Waals surface area contributed by atoms with Crippen LogP contribution in [0.25, 0.3) is 32.3 Å². The quantitative estimate of drug-likeness (QED) is 0.221. The average Bonchev–Trinajstić information content (AvgIpc) is 2.97. The lowest BCUT2D eigenvalue weighted by atomic mass is 9.96. The Morgan fingerprint density at radius 3 is 2.18 bits per heavy atom. The number of hydrogen-bond acceptors (Lipinski definition) is 2. The van der Waals surface area contributed by atoms with Gasteiger partial charge in [-0.05, 0) is 77.4 Å². The Morgan fingerprint density at radius 1 is 0.821 bits per heavy atom. The number of amides is 2. The second kappa shape index (κ2) is 11.5. The molecule has 0 radical (unpaired) electrons. The molecule has 5 aromatic carbocycles. The smallest absolute Gasteiger partial charge is 0.320 e. The molecular weight excluding hydrogens is 478 g/mol. The highest BCUT2D eigenvalue weighted by Gasteiger charge is 2.21. The number of rotatable bonds is 7. The van der Waals surface area contributed by atoms with Crippen molar-refractivity contribution in [2.75, 3.05) is 25.0 Å². The monoisotopic (exact) mass is 515 g/mol. The Bertz CT molecular complexity index is 1550. The Kier molecular flexibility index (Phi) is 7.46. The Morgan fingerprint density at radius 2 is 1.46 bits per heavy atom. The third-order valence-corrected chi connectivity index (χ3v) is 8.36. The summed E-state index contributed by atoms with van der Waals surface area (Å²) < 4.78 is 0. The van der Waals surface area contributed by atoms with E-state index in [2.05, 4.69) is 89.9 Å². The fourth-order valence-corrected chi connectivity index (χ4v) is 6.20. The van der Waals surface area contributed by atoms with E-state index in [9.17, 15) is 4.79 Å². The summed E-state index contributed by atoms with van der Waals surface area (Å²) in [6, 6.07) is 34.2. The van der Waals surface area contributed by atoms with Gasteiger partial charge in [-0.3, -0.25) is 0 Å². The van der Waals surface area contributed by atoms with Crippen molar-refractivity contribution in [1.29, 1.82) is 0 Å². The molecule has 0 saturated carbocycles. The molecule has 0 bridgehead atoms. The number of benzene rings is 5. The summed E-state index contributed by atoms with van der Waals surface area (Å²) in [6.45, 7) is 5.80. The van der Waals surface area contributed by atoms with Crippen LogP contribution >= 0.6 is 0 Å². The third kappa shape index (κ3) is 5.48. The minimum atomic E-state index is -0.0462. The summed E-state index contributed by atoms with van der Waals surface area (Å²) in [5.74, 6) is 0. The minimum Gasteiger partial charge on any atom is -0.320 e. The maximum Gasteiger partial charge on any atom is 0.322 e. The molecule has 1 atom stereocenters. The average molecular weight is 516 g/mol. The predicted octanol–water partition coefficient (Wildman–Crippen LogP) is 8.44. The normalized spacial score (nSPS) is 16.1. The number of carbonyl (C=O) groups is 1. The van der Waals surface area contributed by atoms with Crippen molar-refractivity contribution < 1.29 is 4.79 Å². The molecule has 1 aliphatic heterocycles. The van der Waals surface area contributed by atoms with Gasteiger partial charge in [0.15, 0.2) is 0 Å². The molecule has 4 nitrogen and oxygen atoms in total. The van der Waals surface area contributed by atoms with Gasteiger partial charge in [0, 0.05) is 31.1 Å². The topological polar surface area (TPSA) is 35.6 Å². The number of carbonyl (C=O) groups excluding carboxylic acids is 1. The van der Waals surface area contributed by atoms with Gasteiger partial charge in [-0.15, -0.1) is 0 Å². The van der Waals surface area contributed by atoms with E-state index >= 15 is 0 Å². The van der Waals surface area contributed by atoms with Crippen LogP contribution in [0.15, 0.2) is 97.1 Å². The summed E-state index contributed by atoms with van der Waals surface area (Å²) in [5.41, 5.74) is 2.07. The molecule has 1 saturated heterocycles. The van der Waals surface area contributed by atoms with E-state index in [0.29, 0.717) is 19.1 Å². The molecule has 1 N–H and O–H groups in total. The van der Waals surface area contributed by atoms with Crippen molar-refractivity contribution in [3.8, 4) is 0 Å². The van der Waals surface area contributed by atoms with Crippen molar-refractivity contribution in [2.24, 2.45) is 0 Å². The molecule has 1 unspecified atom stereocenters. The van der Waals surface area contributed by atoms with Crippen LogP contribution in [0.3, 0.4) is 0 Å². The van der Waals surface area contributed by atoms with Crippen molar-refractivity contribution in [1.82, 2.24) is 9.80 Å². The van der Waals surface area contributed by atoms with Gasteiger partial charge >= 0.3 is 6.03 Å². The standard InChI is InChI=1S/C35H37N3O/c1-26-12-8-9-21-37(26)22-11-23-38(35(39)36-34-20-10-16-27-13-2-7-19-32(27)34)25-33-30-17-5-3-14-28(30)24-29-15-4-6-18-31(29)33/h2-7,10,13-20,24,26H,8-9,11-12,21-23,25H2,1H3,(H,36,39). The first kappa shape index (κ1) is 25.4. The van der Waals surface area contributed by atoms with E-state index in [1.54, 1.807) is 0 Å². The fourth-order valence-electron chi connectivity index (χ4n) is 6.20. The van der Waals surface area contributed by atoms with Gasteiger partial charge < -0.3 is 15.1 Å². The van der Waals surface area contributed by atoms with E-state index in [4.69, 9.17) is 0 Å². The number of piperidine rings is 1. The molecule has 5 aromatic rings. The number of nitrogens with zero attached hydrogens (tertiary/aromatic N) is 2. The maximum absolute atomic E-state index is 14.0. The largest absolute Gasteiger partial charge is 0.322 e. The maximum atomic E-state index is 14.0. The highest BCUT2D eigenvalue weighted by Crippen LogP contribution is 2.30. The van der Waals surface area contributed by atoms with Crippen LogP contribution in [0.4, 0.5) is 10.5 Å². The van der Waals surface area contributed by atoms with Crippen molar-refractivity contribution >= 4 is 44.0 Å². The Balaban J connectivity index is 1.32. The highest BCUT2D eigenvalue weighted by molar-refractivity contribution is 6.04. The first-order valence-corrected chi connectivity index (χ1v) is 14.3. The van der Waals surface area contributed by atoms with Crippen LogP contribution in [-0.2, 0) is 6.54 Å². The number of likely N-dealkylation sites (tertiary alicyclic amines) is 1. The fraction of sp³-hybridized carbons (Fsp3) is 0.286. The van der Waals surface area contributed by atoms with Crippen LogP contribution in [-0.4, -0.2) is 41.5 Å². The van der Waals surface area contributed by atoms with Crippen molar-refractivity contribution in [3.63, 3.8) is 0 Å². The molecule has 198 valence electrons. The second-order valence-electron chi connectivity index (χ2n) is 10.9. The lowest BCUT2D eigenvalue weighted by Gasteiger charge is -2.34. The summed E-state index contributed by atoms with van der Waals surface area (Å²) in [6.07, 6.45) is 4.83. The molecular formula is C35H37N3O. The zero-order valence-electron chi connectivity index (χ0n) is 22.8. The summed E-state index contributed by atoms with van der Waals surface area (Å²) in [7, 11) is 0. The number of fused-ring (bicyclic) bond motifs is 3. The SMILES string of the molecule is CC1CCCCN1CCCN(Cc1c2ccccc2cc2ccccc12)C(=O)Nc1cccc2ccccc12. The first-order chi connectivity index (χ1) is 19.2. The number of urea groups is 1. The van der Waals surface area contributed by atoms with E-state index in [0.717, 1.165) is 36.0 Å². The lowest BCUT2D eigenvalue weighted by molar-refractivity contribution is 0.150. The lowest BCUT2D eigenvalue weighted by Crippen LogP contribution is -2.40. The second-order valence-corrected chi connectivity index (χ2v) is 10.9. The van der Waals surface area contributed by atoms with Gasteiger partial charge in [0.1, 0.15) is 0 Å². The molecule has 1 heterocycles. The summed E-state index contributed by atoms with van der Waals surface area (Å²) >= 11 is 0. The van der Waals surface area contributed by atoms with E-state index in [1.807, 2.05) is 29.2 Å². The first-order valence-electron chi connectivity index (χ1n) is 14.3. The van der Waals surface area contributed by atoms with Gasteiger partial charge in [-0.25, -0.2) is 4.79 Å². The van der Waals surface area contributed by atoms with Gasteiger partial charge in [0.05, 0.1) is 5.69 Å². The molecule has 6 rings (SSSR count). The van der Waals surface area contributed by atoms with Crippen LogP contribution in [0.1, 0.15) is 38.2 Å².